The summed E-state index contributed by atoms with van der Waals surface area (Å²) in [6.45, 7) is 3.84. The molecule has 168 valence electrons. The molecule has 2 aromatic heterocycles. The number of halogens is 1. The summed E-state index contributed by atoms with van der Waals surface area (Å²) in [5, 5.41) is 0.903. The van der Waals surface area contributed by atoms with Crippen molar-refractivity contribution in [3.05, 3.63) is 78.6 Å². The average molecular weight is 527 g/mol. The van der Waals surface area contributed by atoms with Crippen LogP contribution in [0.4, 0.5) is 5.13 Å². The first-order valence-corrected chi connectivity index (χ1v) is 11.7. The van der Waals surface area contributed by atoms with Gasteiger partial charge >= 0.3 is 0 Å². The maximum absolute atomic E-state index is 13.7. The van der Waals surface area contributed by atoms with Gasteiger partial charge in [-0.2, -0.15) is 0 Å². The number of anilines is 1. The molecule has 1 unspecified atom stereocenters. The number of carbonyl (C=O) groups excluding carboxylic acids is 1. The van der Waals surface area contributed by atoms with Gasteiger partial charge in [0, 0.05) is 9.35 Å². The van der Waals surface area contributed by atoms with Gasteiger partial charge in [-0.3, -0.25) is 14.5 Å². The van der Waals surface area contributed by atoms with E-state index >= 15 is 0 Å². The number of hydrogen-bond acceptors (Lipinski definition) is 7. The Kier molecular flexibility index (Phi) is 5.25. The van der Waals surface area contributed by atoms with E-state index in [2.05, 4.69) is 20.9 Å². The van der Waals surface area contributed by atoms with Crippen LogP contribution in [0, 0.1) is 13.8 Å². The van der Waals surface area contributed by atoms with E-state index in [1.807, 2.05) is 19.9 Å². The molecule has 9 heteroatoms. The first kappa shape index (κ1) is 21.7. The molecule has 1 amide bonds. The fourth-order valence-corrected chi connectivity index (χ4v) is 5.34. The number of benzene rings is 2. The van der Waals surface area contributed by atoms with Crippen molar-refractivity contribution in [1.82, 2.24) is 4.98 Å². The fourth-order valence-electron chi connectivity index (χ4n) is 4.04. The predicted molar refractivity (Wildman–Crippen MR) is 130 cm³/mol. The third-order valence-electron chi connectivity index (χ3n) is 5.78. The van der Waals surface area contributed by atoms with E-state index < -0.39 is 11.9 Å². The number of aryl methyl sites for hydroxylation is 2. The SMILES string of the molecule is COc1ccc(C2c3c(oc4ccc(Br)cc4c3=O)C(=O)N2c2nc(C)c(C)s2)cc1OC. The number of hydrogen-bond donors (Lipinski definition) is 0. The molecule has 1 aliphatic heterocycles. The van der Waals surface area contributed by atoms with Gasteiger partial charge in [-0.05, 0) is 49.7 Å². The topological polar surface area (TPSA) is 81.9 Å². The van der Waals surface area contributed by atoms with Crippen molar-refractivity contribution in [3.8, 4) is 11.5 Å². The largest absolute Gasteiger partial charge is 0.493 e. The van der Waals surface area contributed by atoms with Crippen LogP contribution in [0.2, 0.25) is 0 Å². The zero-order chi connectivity index (χ0) is 23.4. The normalized spacial score (nSPS) is 15.2. The van der Waals surface area contributed by atoms with Gasteiger partial charge in [0.15, 0.2) is 22.1 Å². The highest BCUT2D eigenvalue weighted by molar-refractivity contribution is 9.10. The van der Waals surface area contributed by atoms with Crippen LogP contribution in [0.15, 0.2) is 50.1 Å². The summed E-state index contributed by atoms with van der Waals surface area (Å²) >= 11 is 4.82. The number of methoxy groups -OCH3 is 2. The van der Waals surface area contributed by atoms with Crippen molar-refractivity contribution < 1.29 is 18.7 Å². The number of amides is 1. The van der Waals surface area contributed by atoms with E-state index in [1.165, 1.54) is 16.2 Å². The highest BCUT2D eigenvalue weighted by Gasteiger charge is 2.45. The van der Waals surface area contributed by atoms with Crippen LogP contribution in [0.5, 0.6) is 11.5 Å². The maximum atomic E-state index is 13.7. The molecule has 0 aliphatic carbocycles. The molecule has 0 fully saturated rings. The number of aromatic nitrogens is 1. The Morgan fingerprint density at radius 2 is 1.82 bits per heavy atom. The standard InChI is InChI=1S/C24H19BrN2O5S/c1-11-12(2)33-24(26-11)27-20(13-5-7-17(30-3)18(9-13)31-4)19-21(28)15-10-14(25)6-8-16(15)32-22(19)23(27)29/h5-10,20H,1-4H3. The van der Waals surface area contributed by atoms with Crippen LogP contribution >= 0.6 is 27.3 Å². The van der Waals surface area contributed by atoms with Gasteiger partial charge < -0.3 is 13.9 Å². The fraction of sp³-hybridized carbons (Fsp3) is 0.208. The van der Waals surface area contributed by atoms with E-state index in [1.54, 1.807) is 44.6 Å². The Hall–Kier alpha value is -3.17. The van der Waals surface area contributed by atoms with Crippen LogP contribution in [-0.2, 0) is 0 Å². The predicted octanol–water partition coefficient (Wildman–Crippen LogP) is 5.40. The molecule has 0 spiro atoms. The van der Waals surface area contributed by atoms with Crippen LogP contribution in [0.1, 0.15) is 38.3 Å². The molecule has 7 nitrogen and oxygen atoms in total. The lowest BCUT2D eigenvalue weighted by Crippen LogP contribution is -2.29. The summed E-state index contributed by atoms with van der Waals surface area (Å²) in [4.78, 5) is 34.5. The Morgan fingerprint density at radius 3 is 2.48 bits per heavy atom. The lowest BCUT2D eigenvalue weighted by Gasteiger charge is -2.23. The minimum absolute atomic E-state index is 0.0279. The van der Waals surface area contributed by atoms with Crippen molar-refractivity contribution in [2.24, 2.45) is 0 Å². The highest BCUT2D eigenvalue weighted by atomic mass is 79.9. The van der Waals surface area contributed by atoms with Crippen molar-refractivity contribution in [3.63, 3.8) is 0 Å². The average Bonchev–Trinajstić information content (AvgIpc) is 3.29. The molecule has 5 rings (SSSR count). The monoisotopic (exact) mass is 526 g/mol. The number of ether oxygens (including phenoxy) is 2. The number of thiazole rings is 1. The Labute approximate surface area is 201 Å². The zero-order valence-electron chi connectivity index (χ0n) is 18.3. The summed E-state index contributed by atoms with van der Waals surface area (Å²) in [7, 11) is 3.10. The molecule has 1 aliphatic rings. The second kappa shape index (κ2) is 8.00. The highest BCUT2D eigenvalue weighted by Crippen LogP contribution is 2.44. The summed E-state index contributed by atoms with van der Waals surface area (Å²) in [5.74, 6) is 0.670. The van der Waals surface area contributed by atoms with Crippen molar-refractivity contribution in [2.75, 3.05) is 19.1 Å². The number of rotatable bonds is 4. The van der Waals surface area contributed by atoms with Gasteiger partial charge in [-0.25, -0.2) is 4.98 Å². The van der Waals surface area contributed by atoms with Crippen molar-refractivity contribution >= 4 is 49.3 Å². The van der Waals surface area contributed by atoms with Gasteiger partial charge in [0.25, 0.3) is 5.91 Å². The minimum Gasteiger partial charge on any atom is -0.493 e. The molecule has 0 radical (unpaired) electrons. The van der Waals surface area contributed by atoms with Crippen LogP contribution in [0.3, 0.4) is 0 Å². The molecule has 4 aromatic rings. The minimum atomic E-state index is -0.725. The van der Waals surface area contributed by atoms with E-state index in [9.17, 15) is 9.59 Å². The summed E-state index contributed by atoms with van der Waals surface area (Å²) in [6.07, 6.45) is 0. The second-order valence-corrected chi connectivity index (χ2v) is 9.74. The molecule has 33 heavy (non-hydrogen) atoms. The van der Waals surface area contributed by atoms with Gasteiger partial charge in [-0.15, -0.1) is 11.3 Å². The smallest absolute Gasteiger partial charge is 0.297 e. The van der Waals surface area contributed by atoms with E-state index in [4.69, 9.17) is 13.9 Å². The van der Waals surface area contributed by atoms with Crippen LogP contribution in [-0.4, -0.2) is 25.1 Å². The molecule has 1 atom stereocenters. The third-order valence-corrected chi connectivity index (χ3v) is 7.34. The molecule has 0 bridgehead atoms. The maximum Gasteiger partial charge on any atom is 0.297 e. The molecule has 3 heterocycles. The summed E-state index contributed by atoms with van der Waals surface area (Å²) < 4.78 is 17.6. The van der Waals surface area contributed by atoms with Crippen molar-refractivity contribution in [2.45, 2.75) is 19.9 Å². The second-order valence-electron chi connectivity index (χ2n) is 7.64. The molecular weight excluding hydrogens is 508 g/mol. The zero-order valence-corrected chi connectivity index (χ0v) is 20.7. The number of carbonyl (C=O) groups is 1. The van der Waals surface area contributed by atoms with Gasteiger partial charge in [0.2, 0.25) is 5.76 Å². The first-order chi connectivity index (χ1) is 15.8. The van der Waals surface area contributed by atoms with E-state index in [0.29, 0.717) is 33.2 Å². The Morgan fingerprint density at radius 1 is 1.06 bits per heavy atom. The van der Waals surface area contributed by atoms with E-state index in [-0.39, 0.29) is 16.8 Å². The molecule has 0 N–H and O–H groups in total. The lowest BCUT2D eigenvalue weighted by molar-refractivity contribution is 0.0971. The third kappa shape index (κ3) is 3.34. The van der Waals surface area contributed by atoms with E-state index in [0.717, 1.165) is 15.0 Å². The number of nitrogens with zero attached hydrogens (tertiary/aromatic N) is 2. The first-order valence-electron chi connectivity index (χ1n) is 10.1. The lowest BCUT2D eigenvalue weighted by atomic mass is 9.98. The summed E-state index contributed by atoms with van der Waals surface area (Å²) in [5.41, 5.74) is 1.90. The Bertz CT molecular complexity index is 1470. The van der Waals surface area contributed by atoms with Crippen LogP contribution in [0.25, 0.3) is 11.0 Å². The van der Waals surface area contributed by atoms with Gasteiger partial charge in [0.1, 0.15) is 5.58 Å². The summed E-state index contributed by atoms with van der Waals surface area (Å²) in [6, 6.07) is 9.78. The molecule has 0 saturated heterocycles. The Balaban J connectivity index is 1.82. The molecular formula is C24H19BrN2O5S. The number of fused-ring (bicyclic) bond motifs is 2. The van der Waals surface area contributed by atoms with Crippen LogP contribution < -0.4 is 19.8 Å². The molecule has 0 saturated carbocycles. The van der Waals surface area contributed by atoms with Gasteiger partial charge in [-0.1, -0.05) is 22.0 Å². The quantitative estimate of drug-likeness (QED) is 0.354. The molecule has 2 aromatic carbocycles. The van der Waals surface area contributed by atoms with Crippen molar-refractivity contribution in [1.29, 1.82) is 0 Å². The van der Waals surface area contributed by atoms with Gasteiger partial charge in [0.05, 0.1) is 36.9 Å².